The van der Waals surface area contributed by atoms with E-state index in [9.17, 15) is 18.0 Å². The first-order valence-electron chi connectivity index (χ1n) is 11.6. The number of aromatic nitrogens is 2. The van der Waals surface area contributed by atoms with Crippen molar-refractivity contribution in [2.75, 3.05) is 5.73 Å². The van der Waals surface area contributed by atoms with Crippen LogP contribution in [-0.4, -0.2) is 39.4 Å². The number of hydrogen-bond donors (Lipinski definition) is 3. The summed E-state index contributed by atoms with van der Waals surface area (Å²) in [6.45, 7) is 0. The average Bonchev–Trinajstić information content (AvgIpc) is 3.38. The highest BCUT2D eigenvalue weighted by molar-refractivity contribution is 7.10. The minimum Gasteiger partial charge on any atom is -0.480 e. The molecule has 0 spiro atoms. The second kappa shape index (κ2) is 10.4. The van der Waals surface area contributed by atoms with Crippen molar-refractivity contribution >= 4 is 23.3 Å². The topological polar surface area (TPSA) is 124 Å². The maximum Gasteiger partial charge on any atom is 0.426 e. The van der Waals surface area contributed by atoms with Crippen molar-refractivity contribution in [3.63, 3.8) is 0 Å². The molecule has 4 rings (SSSR count). The van der Waals surface area contributed by atoms with Gasteiger partial charge >= 0.3 is 12.1 Å². The van der Waals surface area contributed by atoms with E-state index in [1.54, 1.807) is 41.8 Å². The highest BCUT2D eigenvalue weighted by Crippen LogP contribution is 2.49. The first-order chi connectivity index (χ1) is 17.1. The van der Waals surface area contributed by atoms with Crippen LogP contribution in [0.2, 0.25) is 0 Å². The Morgan fingerprint density at radius 3 is 2.42 bits per heavy atom. The van der Waals surface area contributed by atoms with Crippen LogP contribution in [-0.2, 0) is 16.6 Å². The Bertz CT molecular complexity index is 1180. The molecular weight excluding hydrogens is 493 g/mol. The van der Waals surface area contributed by atoms with Crippen LogP contribution in [0.1, 0.15) is 42.5 Å². The first-order valence-corrected chi connectivity index (χ1v) is 12.5. The summed E-state index contributed by atoms with van der Waals surface area (Å²) in [5.41, 5.74) is 11.8. The fraction of sp³-hybridized carbons (Fsp3) is 0.400. The molecular formula is C25H27F3N4O3S. The van der Waals surface area contributed by atoms with Crippen LogP contribution in [0, 0.1) is 0 Å². The van der Waals surface area contributed by atoms with Gasteiger partial charge in [-0.2, -0.15) is 18.2 Å². The number of ether oxygens (including phenoxy) is 1. The zero-order valence-electron chi connectivity index (χ0n) is 19.4. The molecule has 0 saturated heterocycles. The van der Waals surface area contributed by atoms with Gasteiger partial charge in [-0.05, 0) is 36.3 Å². The summed E-state index contributed by atoms with van der Waals surface area (Å²) in [6.07, 6.45) is -3.61. The molecule has 1 aromatic carbocycles. The van der Waals surface area contributed by atoms with E-state index in [4.69, 9.17) is 21.3 Å². The molecule has 5 N–H and O–H groups in total. The van der Waals surface area contributed by atoms with Gasteiger partial charge in [0.2, 0.25) is 17.9 Å². The van der Waals surface area contributed by atoms with Gasteiger partial charge in [0.25, 0.3) is 0 Å². The molecule has 0 radical (unpaired) electrons. The van der Waals surface area contributed by atoms with Crippen molar-refractivity contribution in [2.45, 2.75) is 62.3 Å². The Balaban J connectivity index is 1.65. The third-order valence-electron chi connectivity index (χ3n) is 6.54. The van der Waals surface area contributed by atoms with E-state index in [1.807, 2.05) is 0 Å². The van der Waals surface area contributed by atoms with Gasteiger partial charge in [-0.15, -0.1) is 11.3 Å². The van der Waals surface area contributed by atoms with E-state index < -0.39 is 29.7 Å². The Morgan fingerprint density at radius 2 is 1.83 bits per heavy atom. The van der Waals surface area contributed by atoms with Crippen LogP contribution in [0.3, 0.4) is 0 Å². The second-order valence-electron chi connectivity index (χ2n) is 9.03. The maximum absolute atomic E-state index is 14.5. The lowest BCUT2D eigenvalue weighted by atomic mass is 9.69. The average molecular weight is 521 g/mol. The van der Waals surface area contributed by atoms with E-state index in [0.29, 0.717) is 47.4 Å². The van der Waals surface area contributed by atoms with E-state index in [2.05, 4.69) is 9.97 Å². The maximum atomic E-state index is 14.5. The zero-order valence-corrected chi connectivity index (χ0v) is 20.2. The molecule has 1 fully saturated rings. The number of nitrogens with two attached hydrogens (primary N) is 2. The Morgan fingerprint density at radius 1 is 1.14 bits per heavy atom. The molecule has 7 nitrogen and oxygen atoms in total. The predicted octanol–water partition coefficient (Wildman–Crippen LogP) is 4.95. The third kappa shape index (κ3) is 5.62. The SMILES string of the molecule is Nc1nc(OC(C(F)(F)F)C2(c3cccs3)CCCCC2)cc(-c2ccc(C[C@H](N)C(=O)O)cc2)n1. The number of nitrogens with zero attached hydrogens (tertiary/aromatic N) is 2. The second-order valence-corrected chi connectivity index (χ2v) is 9.98. The van der Waals surface area contributed by atoms with Crippen molar-refractivity contribution < 1.29 is 27.8 Å². The number of benzene rings is 1. The lowest BCUT2D eigenvalue weighted by Crippen LogP contribution is -2.52. The first kappa shape index (κ1) is 25.9. The van der Waals surface area contributed by atoms with Crippen molar-refractivity contribution in [1.82, 2.24) is 9.97 Å². The number of anilines is 1. The summed E-state index contributed by atoms with van der Waals surface area (Å²) >= 11 is 1.31. The van der Waals surface area contributed by atoms with Crippen LogP contribution < -0.4 is 16.2 Å². The van der Waals surface area contributed by atoms with E-state index >= 15 is 0 Å². The van der Waals surface area contributed by atoms with Crippen molar-refractivity contribution in [3.8, 4) is 17.1 Å². The molecule has 3 aromatic rings. The van der Waals surface area contributed by atoms with Crippen LogP contribution in [0.15, 0.2) is 47.8 Å². The fourth-order valence-electron chi connectivity index (χ4n) is 4.80. The van der Waals surface area contributed by atoms with Gasteiger partial charge in [0, 0.05) is 16.5 Å². The number of nitrogen functional groups attached to an aromatic ring is 1. The van der Waals surface area contributed by atoms with E-state index in [-0.39, 0.29) is 18.2 Å². The monoisotopic (exact) mass is 520 g/mol. The number of carboxylic acid groups (broad SMARTS) is 1. The number of thiophene rings is 1. The molecule has 2 atom stereocenters. The molecule has 2 heterocycles. The lowest BCUT2D eigenvalue weighted by Gasteiger charge is -2.43. The summed E-state index contributed by atoms with van der Waals surface area (Å²) in [6, 6.07) is 10.5. The zero-order chi connectivity index (χ0) is 25.9. The molecule has 1 unspecified atom stereocenters. The van der Waals surface area contributed by atoms with Gasteiger partial charge in [0.15, 0.2) is 0 Å². The normalized spacial score (nSPS) is 17.3. The standard InChI is InChI=1S/C25H27F3N4O3S/c26-25(27,28)22(24(10-2-1-3-11-24)19-5-4-12-36-19)35-20-14-18(31-23(30)32-20)16-8-6-15(7-9-16)13-17(29)21(33)34/h4-9,12,14,17,22H,1-3,10-11,13,29H2,(H,33,34)(H2,30,31,32)/t17-,22?/m0/s1. The minimum absolute atomic E-state index is 0.133. The molecule has 1 aliphatic rings. The van der Waals surface area contributed by atoms with Gasteiger partial charge in [-0.3, -0.25) is 4.79 Å². The number of rotatable bonds is 8. The molecule has 0 aliphatic heterocycles. The summed E-state index contributed by atoms with van der Waals surface area (Å²) in [5.74, 6) is -1.57. The van der Waals surface area contributed by atoms with Crippen LogP contribution in [0.5, 0.6) is 5.88 Å². The Kier molecular flexibility index (Phi) is 7.51. The largest absolute Gasteiger partial charge is 0.480 e. The van der Waals surface area contributed by atoms with Gasteiger partial charge in [0.05, 0.1) is 11.1 Å². The Labute approximate surface area is 210 Å². The third-order valence-corrected chi connectivity index (χ3v) is 7.63. The highest BCUT2D eigenvalue weighted by atomic mass is 32.1. The smallest absolute Gasteiger partial charge is 0.426 e. The Hall–Kier alpha value is -3.18. The summed E-state index contributed by atoms with van der Waals surface area (Å²) < 4.78 is 49.2. The molecule has 11 heteroatoms. The van der Waals surface area contributed by atoms with Crippen LogP contribution in [0.25, 0.3) is 11.3 Å². The number of hydrogen-bond acceptors (Lipinski definition) is 7. The quantitative estimate of drug-likeness (QED) is 0.384. The molecule has 1 saturated carbocycles. The summed E-state index contributed by atoms with van der Waals surface area (Å²) in [5, 5.41) is 10.8. The molecule has 0 bridgehead atoms. The predicted molar refractivity (Wildman–Crippen MR) is 131 cm³/mol. The molecule has 2 aromatic heterocycles. The van der Waals surface area contributed by atoms with Crippen LogP contribution >= 0.6 is 11.3 Å². The number of halogens is 3. The molecule has 1 aliphatic carbocycles. The van der Waals surface area contributed by atoms with E-state index in [1.165, 1.54) is 17.4 Å². The van der Waals surface area contributed by atoms with Crippen molar-refractivity contribution in [3.05, 3.63) is 58.3 Å². The number of aliphatic carboxylic acids is 1. The minimum atomic E-state index is -4.63. The highest BCUT2D eigenvalue weighted by Gasteiger charge is 2.57. The number of alkyl halides is 3. The van der Waals surface area contributed by atoms with Gasteiger partial charge in [0.1, 0.15) is 6.04 Å². The molecule has 0 amide bonds. The van der Waals surface area contributed by atoms with Gasteiger partial charge < -0.3 is 21.3 Å². The van der Waals surface area contributed by atoms with Crippen molar-refractivity contribution in [1.29, 1.82) is 0 Å². The van der Waals surface area contributed by atoms with Gasteiger partial charge in [-0.25, -0.2) is 4.98 Å². The summed E-state index contributed by atoms with van der Waals surface area (Å²) in [7, 11) is 0. The molecule has 192 valence electrons. The summed E-state index contributed by atoms with van der Waals surface area (Å²) in [4.78, 5) is 19.8. The number of carbonyl (C=O) groups is 1. The number of carboxylic acids is 1. The lowest BCUT2D eigenvalue weighted by molar-refractivity contribution is -0.220. The van der Waals surface area contributed by atoms with Crippen LogP contribution in [0.4, 0.5) is 19.1 Å². The fourth-order valence-corrected chi connectivity index (χ4v) is 5.81. The molecule has 36 heavy (non-hydrogen) atoms. The van der Waals surface area contributed by atoms with Gasteiger partial charge in [-0.1, -0.05) is 49.6 Å². The van der Waals surface area contributed by atoms with Crippen molar-refractivity contribution in [2.24, 2.45) is 5.73 Å². The van der Waals surface area contributed by atoms with E-state index in [0.717, 1.165) is 6.42 Å².